The zero-order valence-electron chi connectivity index (χ0n) is 6.04. The van der Waals surface area contributed by atoms with Crippen molar-refractivity contribution in [2.45, 2.75) is 12.8 Å². The molecule has 0 radical (unpaired) electrons. The van der Waals surface area contributed by atoms with Gasteiger partial charge in [-0.2, -0.15) is 0 Å². The second kappa shape index (κ2) is 4.52. The van der Waals surface area contributed by atoms with E-state index < -0.39 is 0 Å². The summed E-state index contributed by atoms with van der Waals surface area (Å²) in [5.74, 6) is 0.634. The molecule has 3 nitrogen and oxygen atoms in total. The molecular weight excluding hydrogens is 152 g/mol. The molecule has 1 aliphatic rings. The first kappa shape index (κ1) is 9.72. The van der Waals surface area contributed by atoms with Crippen LogP contribution in [0.25, 0.3) is 0 Å². The largest absolute Gasteiger partial charge is 0.399 e. The van der Waals surface area contributed by atoms with E-state index in [2.05, 4.69) is 9.99 Å². The van der Waals surface area contributed by atoms with E-state index in [9.17, 15) is 0 Å². The molecular formula is C6H13ClN2O. The standard InChI is InChI=1S/C6H12N2O.ClH/c1-9-8-6(4-7)5-2-3-5;/h5H,2-4,7H2,1H3;1H/b8-6-;. The van der Waals surface area contributed by atoms with Gasteiger partial charge in [-0.15, -0.1) is 12.4 Å². The van der Waals surface area contributed by atoms with Crippen LogP contribution in [0.2, 0.25) is 0 Å². The molecule has 1 saturated carbocycles. The zero-order chi connectivity index (χ0) is 6.69. The van der Waals surface area contributed by atoms with E-state index in [1.807, 2.05) is 0 Å². The number of hydrogen-bond donors (Lipinski definition) is 1. The monoisotopic (exact) mass is 164 g/mol. The highest BCUT2D eigenvalue weighted by molar-refractivity contribution is 5.89. The number of halogens is 1. The normalized spacial score (nSPS) is 18.0. The van der Waals surface area contributed by atoms with E-state index in [1.54, 1.807) is 7.11 Å². The molecule has 60 valence electrons. The number of rotatable bonds is 3. The van der Waals surface area contributed by atoms with Crippen LogP contribution < -0.4 is 5.73 Å². The van der Waals surface area contributed by atoms with E-state index in [4.69, 9.17) is 5.73 Å². The highest BCUT2D eigenvalue weighted by Gasteiger charge is 2.26. The summed E-state index contributed by atoms with van der Waals surface area (Å²) in [5.41, 5.74) is 6.40. The van der Waals surface area contributed by atoms with Crippen molar-refractivity contribution in [2.75, 3.05) is 13.7 Å². The second-order valence-corrected chi connectivity index (χ2v) is 2.24. The zero-order valence-corrected chi connectivity index (χ0v) is 6.86. The Morgan fingerprint density at radius 3 is 2.60 bits per heavy atom. The van der Waals surface area contributed by atoms with Crippen LogP contribution in [0.15, 0.2) is 5.16 Å². The Balaban J connectivity index is 0.000000810. The van der Waals surface area contributed by atoms with Crippen molar-refractivity contribution < 1.29 is 4.84 Å². The molecule has 1 fully saturated rings. The lowest BCUT2D eigenvalue weighted by atomic mass is 10.2. The molecule has 4 heteroatoms. The molecule has 0 saturated heterocycles. The van der Waals surface area contributed by atoms with Crippen molar-refractivity contribution in [3.63, 3.8) is 0 Å². The molecule has 0 atom stereocenters. The fourth-order valence-corrected chi connectivity index (χ4v) is 0.812. The molecule has 10 heavy (non-hydrogen) atoms. The Labute approximate surface area is 67.0 Å². The summed E-state index contributed by atoms with van der Waals surface area (Å²) in [5, 5.41) is 3.80. The van der Waals surface area contributed by atoms with Gasteiger partial charge >= 0.3 is 0 Å². The highest BCUT2D eigenvalue weighted by atomic mass is 35.5. The van der Waals surface area contributed by atoms with Crippen LogP contribution >= 0.6 is 12.4 Å². The fourth-order valence-electron chi connectivity index (χ4n) is 0.812. The summed E-state index contributed by atoms with van der Waals surface area (Å²) < 4.78 is 0. The first-order chi connectivity index (χ1) is 4.38. The minimum Gasteiger partial charge on any atom is -0.399 e. The molecule has 0 spiro atoms. The summed E-state index contributed by atoms with van der Waals surface area (Å²) in [6.45, 7) is 0.540. The summed E-state index contributed by atoms with van der Waals surface area (Å²) in [7, 11) is 1.55. The predicted octanol–water partition coefficient (Wildman–Crippen LogP) is 0.779. The maximum atomic E-state index is 5.39. The lowest BCUT2D eigenvalue weighted by molar-refractivity contribution is 0.211. The lowest BCUT2D eigenvalue weighted by Gasteiger charge is -1.96. The van der Waals surface area contributed by atoms with Gasteiger partial charge in [-0.05, 0) is 12.8 Å². The second-order valence-electron chi connectivity index (χ2n) is 2.24. The Morgan fingerprint density at radius 2 is 2.30 bits per heavy atom. The van der Waals surface area contributed by atoms with Gasteiger partial charge in [0.1, 0.15) is 7.11 Å². The number of nitrogens with zero attached hydrogens (tertiary/aromatic N) is 1. The van der Waals surface area contributed by atoms with Crippen LogP contribution in [0.5, 0.6) is 0 Å². The Kier molecular flexibility index (Phi) is 4.40. The average Bonchev–Trinajstić information content (AvgIpc) is 2.64. The SMILES string of the molecule is CO/N=C(/CN)C1CC1.Cl. The van der Waals surface area contributed by atoms with Gasteiger partial charge in [-0.3, -0.25) is 0 Å². The molecule has 1 rings (SSSR count). The van der Waals surface area contributed by atoms with E-state index in [-0.39, 0.29) is 12.4 Å². The van der Waals surface area contributed by atoms with Crippen molar-refractivity contribution in [1.29, 1.82) is 0 Å². The van der Waals surface area contributed by atoms with Crippen LogP contribution in [-0.4, -0.2) is 19.4 Å². The van der Waals surface area contributed by atoms with Crippen molar-refractivity contribution >= 4 is 18.1 Å². The van der Waals surface area contributed by atoms with E-state index in [0.29, 0.717) is 12.5 Å². The molecule has 0 aromatic rings. The van der Waals surface area contributed by atoms with E-state index in [1.165, 1.54) is 12.8 Å². The molecule has 0 bridgehead atoms. The van der Waals surface area contributed by atoms with Crippen molar-refractivity contribution in [3.05, 3.63) is 0 Å². The van der Waals surface area contributed by atoms with Crippen LogP contribution in [0.1, 0.15) is 12.8 Å². The third-order valence-electron chi connectivity index (χ3n) is 1.47. The first-order valence-corrected chi connectivity index (χ1v) is 3.18. The first-order valence-electron chi connectivity index (χ1n) is 3.18. The number of oxime groups is 1. The molecule has 0 amide bonds. The fraction of sp³-hybridized carbons (Fsp3) is 0.833. The predicted molar refractivity (Wildman–Crippen MR) is 43.5 cm³/mol. The molecule has 2 N–H and O–H groups in total. The van der Waals surface area contributed by atoms with Crippen molar-refractivity contribution in [2.24, 2.45) is 16.8 Å². The molecule has 0 heterocycles. The molecule has 0 unspecified atom stereocenters. The van der Waals surface area contributed by atoms with Crippen LogP contribution in [0, 0.1) is 5.92 Å². The molecule has 0 aromatic heterocycles. The maximum absolute atomic E-state index is 5.39. The maximum Gasteiger partial charge on any atom is 0.106 e. The smallest absolute Gasteiger partial charge is 0.106 e. The van der Waals surface area contributed by atoms with Crippen molar-refractivity contribution in [3.8, 4) is 0 Å². The third kappa shape index (κ3) is 2.54. The van der Waals surface area contributed by atoms with Crippen LogP contribution in [0.3, 0.4) is 0 Å². The quantitative estimate of drug-likeness (QED) is 0.495. The van der Waals surface area contributed by atoms with Gasteiger partial charge in [-0.1, -0.05) is 5.16 Å². The van der Waals surface area contributed by atoms with E-state index in [0.717, 1.165) is 5.71 Å². The topological polar surface area (TPSA) is 47.6 Å². The number of hydrogen-bond acceptors (Lipinski definition) is 3. The Bertz CT molecular complexity index is 123. The highest BCUT2D eigenvalue weighted by Crippen LogP contribution is 2.30. The Morgan fingerprint density at radius 1 is 1.70 bits per heavy atom. The van der Waals surface area contributed by atoms with E-state index >= 15 is 0 Å². The summed E-state index contributed by atoms with van der Waals surface area (Å²) in [4.78, 5) is 4.60. The van der Waals surface area contributed by atoms with Gasteiger partial charge in [-0.25, -0.2) is 0 Å². The minimum absolute atomic E-state index is 0. The van der Waals surface area contributed by atoms with Crippen molar-refractivity contribution in [1.82, 2.24) is 0 Å². The molecule has 0 aliphatic heterocycles. The Hall–Kier alpha value is -0.280. The van der Waals surface area contributed by atoms with Gasteiger partial charge < -0.3 is 10.6 Å². The summed E-state index contributed by atoms with van der Waals surface area (Å²) >= 11 is 0. The lowest BCUT2D eigenvalue weighted by Crippen LogP contribution is -2.15. The minimum atomic E-state index is 0. The van der Waals surface area contributed by atoms with Gasteiger partial charge in [0.2, 0.25) is 0 Å². The van der Waals surface area contributed by atoms with Gasteiger partial charge in [0.05, 0.1) is 5.71 Å². The summed E-state index contributed by atoms with van der Waals surface area (Å²) in [6.07, 6.45) is 2.47. The van der Waals surface area contributed by atoms with Crippen LogP contribution in [0.4, 0.5) is 0 Å². The number of nitrogens with two attached hydrogens (primary N) is 1. The van der Waals surface area contributed by atoms with Gasteiger partial charge in [0.15, 0.2) is 0 Å². The molecule has 1 aliphatic carbocycles. The molecule has 0 aromatic carbocycles. The van der Waals surface area contributed by atoms with Gasteiger partial charge in [0.25, 0.3) is 0 Å². The van der Waals surface area contributed by atoms with Gasteiger partial charge in [0, 0.05) is 12.5 Å². The average molecular weight is 165 g/mol. The van der Waals surface area contributed by atoms with Crippen LogP contribution in [-0.2, 0) is 4.84 Å². The summed E-state index contributed by atoms with van der Waals surface area (Å²) in [6, 6.07) is 0. The third-order valence-corrected chi connectivity index (χ3v) is 1.47.